The van der Waals surface area contributed by atoms with Crippen molar-refractivity contribution in [3.63, 3.8) is 0 Å². The number of hydrogen-bond acceptors (Lipinski definition) is 2. The lowest BCUT2D eigenvalue weighted by atomic mass is 9.94. The van der Waals surface area contributed by atoms with Gasteiger partial charge in [-0.3, -0.25) is 10.3 Å². The van der Waals surface area contributed by atoms with Gasteiger partial charge in [-0.15, -0.1) is 0 Å². The second-order valence-corrected chi connectivity index (χ2v) is 5.11. The van der Waals surface area contributed by atoms with E-state index in [4.69, 9.17) is 4.98 Å². The van der Waals surface area contributed by atoms with Crippen LogP contribution < -0.4 is 5.32 Å². The molecule has 1 aromatic heterocycles. The number of pyridine rings is 1. The molecule has 1 N–H and O–H groups in total. The van der Waals surface area contributed by atoms with Gasteiger partial charge in [0.2, 0.25) is 0 Å². The lowest BCUT2D eigenvalue weighted by Gasteiger charge is -2.25. The van der Waals surface area contributed by atoms with Crippen molar-refractivity contribution in [1.29, 1.82) is 0 Å². The summed E-state index contributed by atoms with van der Waals surface area (Å²) in [4.78, 5) is 4.77. The van der Waals surface area contributed by atoms with Crippen LogP contribution in [0.1, 0.15) is 22.9 Å². The van der Waals surface area contributed by atoms with E-state index in [-0.39, 0.29) is 6.04 Å². The van der Waals surface area contributed by atoms with Crippen molar-refractivity contribution in [1.82, 2.24) is 10.3 Å². The van der Waals surface area contributed by atoms with Crippen molar-refractivity contribution in [2.24, 2.45) is 0 Å². The molecule has 1 atom stereocenters. The van der Waals surface area contributed by atoms with E-state index < -0.39 is 0 Å². The Labute approximate surface area is 118 Å². The van der Waals surface area contributed by atoms with Crippen molar-refractivity contribution >= 4 is 10.9 Å². The van der Waals surface area contributed by atoms with E-state index in [1.165, 1.54) is 10.9 Å². The first-order valence-electron chi connectivity index (χ1n) is 6.85. The summed E-state index contributed by atoms with van der Waals surface area (Å²) >= 11 is 0. The van der Waals surface area contributed by atoms with Gasteiger partial charge in [0.05, 0.1) is 23.8 Å². The minimum Gasteiger partial charge on any atom is -0.295 e. The summed E-state index contributed by atoms with van der Waals surface area (Å²) in [7, 11) is 0. The zero-order valence-corrected chi connectivity index (χ0v) is 11.0. The monoisotopic (exact) mass is 258 g/mol. The van der Waals surface area contributed by atoms with Crippen LogP contribution in [-0.4, -0.2) is 4.98 Å². The maximum Gasteiger partial charge on any atom is 0.0942 e. The predicted molar refractivity (Wildman–Crippen MR) is 80.1 cm³/mol. The molecular weight excluding hydrogens is 244 g/mol. The molecule has 2 heteroatoms. The molecule has 20 heavy (non-hydrogen) atoms. The average molecular weight is 258 g/mol. The van der Waals surface area contributed by atoms with Gasteiger partial charge in [0, 0.05) is 5.39 Å². The number of hydrogen-bond donors (Lipinski definition) is 1. The molecule has 1 aliphatic rings. The van der Waals surface area contributed by atoms with Gasteiger partial charge in [0.15, 0.2) is 0 Å². The second-order valence-electron chi connectivity index (χ2n) is 5.11. The Morgan fingerprint density at radius 3 is 2.80 bits per heavy atom. The predicted octanol–water partition coefficient (Wildman–Crippen LogP) is 3.51. The molecule has 0 saturated carbocycles. The van der Waals surface area contributed by atoms with E-state index in [2.05, 4.69) is 54.3 Å². The highest BCUT2D eigenvalue weighted by Crippen LogP contribution is 2.26. The molecule has 0 bridgehead atoms. The second kappa shape index (κ2) is 4.73. The Balaban J connectivity index is 1.70. The van der Waals surface area contributed by atoms with Crippen LogP contribution >= 0.6 is 0 Å². The van der Waals surface area contributed by atoms with Crippen LogP contribution in [0.25, 0.3) is 10.9 Å². The van der Waals surface area contributed by atoms with Crippen molar-refractivity contribution in [2.45, 2.75) is 12.5 Å². The Kier molecular flexibility index (Phi) is 2.75. The zero-order valence-electron chi connectivity index (χ0n) is 11.0. The van der Waals surface area contributed by atoms with Gasteiger partial charge >= 0.3 is 0 Å². The van der Waals surface area contributed by atoms with E-state index in [1.54, 1.807) is 0 Å². The SMILES string of the molecule is [C]1NC(c2ccc3ccccc3n2)Cc2ccccc21. The molecule has 2 radical (unpaired) electrons. The van der Waals surface area contributed by atoms with Gasteiger partial charge in [-0.05, 0) is 29.7 Å². The van der Waals surface area contributed by atoms with Crippen LogP contribution in [0.5, 0.6) is 0 Å². The molecule has 0 fully saturated rings. The number of para-hydroxylation sites is 1. The molecule has 96 valence electrons. The van der Waals surface area contributed by atoms with Crippen LogP contribution in [0.15, 0.2) is 60.7 Å². The summed E-state index contributed by atoms with van der Waals surface area (Å²) in [6.45, 7) is 3.27. The van der Waals surface area contributed by atoms with E-state index in [1.807, 2.05) is 18.2 Å². The summed E-state index contributed by atoms with van der Waals surface area (Å²) in [6.07, 6.45) is 0.953. The first-order chi connectivity index (χ1) is 9.90. The largest absolute Gasteiger partial charge is 0.295 e. The van der Waals surface area contributed by atoms with E-state index in [9.17, 15) is 0 Å². The van der Waals surface area contributed by atoms with Crippen LogP contribution in [0, 0.1) is 6.54 Å². The minimum atomic E-state index is 0.203. The lowest BCUT2D eigenvalue weighted by molar-refractivity contribution is 0.558. The molecule has 0 amide bonds. The molecule has 0 saturated heterocycles. The van der Waals surface area contributed by atoms with Crippen molar-refractivity contribution < 1.29 is 0 Å². The van der Waals surface area contributed by atoms with E-state index in [0.29, 0.717) is 0 Å². The number of nitrogens with one attached hydrogen (secondary N) is 1. The van der Waals surface area contributed by atoms with Gasteiger partial charge in [0.1, 0.15) is 0 Å². The number of nitrogens with zero attached hydrogens (tertiary/aromatic N) is 1. The summed E-state index contributed by atoms with van der Waals surface area (Å²) in [5, 5.41) is 4.52. The fourth-order valence-corrected chi connectivity index (χ4v) is 2.71. The maximum atomic E-state index is 4.77. The fraction of sp³-hybridized carbons (Fsp3) is 0.111. The maximum absolute atomic E-state index is 4.77. The molecule has 1 unspecified atom stereocenters. The molecule has 0 aliphatic carbocycles. The quantitative estimate of drug-likeness (QED) is 0.722. The van der Waals surface area contributed by atoms with E-state index >= 15 is 0 Å². The zero-order chi connectivity index (χ0) is 13.4. The Morgan fingerprint density at radius 2 is 1.80 bits per heavy atom. The molecular formula is C18H14N2. The molecule has 1 aliphatic heterocycles. The molecule has 2 heterocycles. The van der Waals surface area contributed by atoms with Gasteiger partial charge in [0.25, 0.3) is 0 Å². The van der Waals surface area contributed by atoms with Gasteiger partial charge in [-0.1, -0.05) is 48.5 Å². The van der Waals surface area contributed by atoms with Crippen LogP contribution in [-0.2, 0) is 6.42 Å². The topological polar surface area (TPSA) is 24.9 Å². The van der Waals surface area contributed by atoms with Gasteiger partial charge < -0.3 is 0 Å². The number of fused-ring (bicyclic) bond motifs is 2. The summed E-state index contributed by atoms with van der Waals surface area (Å²) < 4.78 is 0. The molecule has 3 aromatic rings. The Hall–Kier alpha value is -2.19. The molecule has 2 aromatic carbocycles. The van der Waals surface area contributed by atoms with Gasteiger partial charge in [-0.25, -0.2) is 0 Å². The molecule has 0 spiro atoms. The third-order valence-electron chi connectivity index (χ3n) is 3.80. The molecule has 2 nitrogen and oxygen atoms in total. The third kappa shape index (κ3) is 1.98. The Bertz CT molecular complexity index is 764. The van der Waals surface area contributed by atoms with Gasteiger partial charge in [-0.2, -0.15) is 0 Å². The smallest absolute Gasteiger partial charge is 0.0942 e. The average Bonchev–Trinajstić information content (AvgIpc) is 2.54. The number of benzene rings is 2. The van der Waals surface area contributed by atoms with Crippen LogP contribution in [0.3, 0.4) is 0 Å². The first-order valence-corrected chi connectivity index (χ1v) is 6.85. The highest BCUT2D eigenvalue weighted by atomic mass is 14.9. The summed E-state index contributed by atoms with van der Waals surface area (Å²) in [5.74, 6) is 0. The lowest BCUT2D eigenvalue weighted by Crippen LogP contribution is -2.27. The summed E-state index contributed by atoms with van der Waals surface area (Å²) in [5.41, 5.74) is 4.60. The van der Waals surface area contributed by atoms with Crippen LogP contribution in [0.2, 0.25) is 0 Å². The summed E-state index contributed by atoms with van der Waals surface area (Å²) in [6, 6.07) is 21.0. The highest BCUT2D eigenvalue weighted by molar-refractivity contribution is 5.78. The molecule has 4 rings (SSSR count). The fourth-order valence-electron chi connectivity index (χ4n) is 2.71. The van der Waals surface area contributed by atoms with Crippen LogP contribution in [0.4, 0.5) is 0 Å². The van der Waals surface area contributed by atoms with E-state index in [0.717, 1.165) is 23.2 Å². The standard InChI is InChI=1S/C18H14N2/c1-2-7-15-12-19-18(11-14(15)6-1)17-10-9-13-5-3-4-8-16(13)20-17/h1-10,18-19H,11H2. The normalized spacial score (nSPS) is 17.9. The number of aromatic nitrogens is 1. The number of rotatable bonds is 1. The minimum absolute atomic E-state index is 0.203. The third-order valence-corrected chi connectivity index (χ3v) is 3.80. The Morgan fingerprint density at radius 1 is 0.950 bits per heavy atom. The first kappa shape index (κ1) is 11.6. The van der Waals surface area contributed by atoms with Crippen molar-refractivity contribution in [3.05, 3.63) is 84.0 Å². The van der Waals surface area contributed by atoms with Crippen molar-refractivity contribution in [2.75, 3.05) is 0 Å². The van der Waals surface area contributed by atoms with Crippen molar-refractivity contribution in [3.8, 4) is 0 Å². The highest BCUT2D eigenvalue weighted by Gasteiger charge is 2.20.